The van der Waals surface area contributed by atoms with Crippen molar-refractivity contribution < 1.29 is 0 Å². The Balaban J connectivity index is 1.86. The first-order valence-electron chi connectivity index (χ1n) is 7.58. The Morgan fingerprint density at radius 2 is 2.00 bits per heavy atom. The summed E-state index contributed by atoms with van der Waals surface area (Å²) in [4.78, 5) is 6.57. The number of nitrogens with one attached hydrogen (secondary N) is 1. The summed E-state index contributed by atoms with van der Waals surface area (Å²) in [5, 5.41) is 5.24. The molecule has 0 aliphatic heterocycles. The lowest BCUT2D eigenvalue weighted by Gasteiger charge is -2.36. The van der Waals surface area contributed by atoms with Crippen molar-refractivity contribution in [3.8, 4) is 0 Å². The van der Waals surface area contributed by atoms with Crippen molar-refractivity contribution in [3.05, 3.63) is 15.6 Å². The van der Waals surface area contributed by atoms with Crippen molar-refractivity contribution in [2.75, 3.05) is 6.54 Å². The lowest BCUT2D eigenvalue weighted by molar-refractivity contribution is 0.233. The molecule has 0 unspecified atom stereocenters. The van der Waals surface area contributed by atoms with Gasteiger partial charge in [-0.2, -0.15) is 0 Å². The Morgan fingerprint density at radius 3 is 2.72 bits per heavy atom. The van der Waals surface area contributed by atoms with Crippen LogP contribution < -0.4 is 5.32 Å². The quantitative estimate of drug-likeness (QED) is 0.895. The van der Waals surface area contributed by atoms with Crippen molar-refractivity contribution in [2.45, 2.75) is 70.3 Å². The van der Waals surface area contributed by atoms with E-state index in [9.17, 15) is 0 Å². The second kappa shape index (κ2) is 5.30. The first-order chi connectivity index (χ1) is 8.84. The predicted octanol–water partition coefficient (Wildman–Crippen LogP) is 3.79. The van der Waals surface area contributed by atoms with E-state index in [-0.39, 0.29) is 5.54 Å². The normalized spacial score (nSPS) is 22.1. The number of aromatic nitrogens is 1. The molecule has 1 aromatic heterocycles. The van der Waals surface area contributed by atoms with Crippen LogP contribution in [0, 0.1) is 0 Å². The van der Waals surface area contributed by atoms with Gasteiger partial charge < -0.3 is 5.32 Å². The minimum atomic E-state index is 0.225. The molecule has 0 saturated heterocycles. The molecule has 0 amide bonds. The monoisotopic (exact) mass is 264 g/mol. The van der Waals surface area contributed by atoms with Crippen molar-refractivity contribution in [1.29, 1.82) is 0 Å². The number of rotatable bonds is 4. The minimum Gasteiger partial charge on any atom is -0.305 e. The third kappa shape index (κ3) is 2.23. The number of aryl methyl sites for hydroxylation is 2. The highest BCUT2D eigenvalue weighted by Gasteiger charge is 2.37. The summed E-state index contributed by atoms with van der Waals surface area (Å²) >= 11 is 2.00. The fourth-order valence-electron chi connectivity index (χ4n) is 3.38. The van der Waals surface area contributed by atoms with Gasteiger partial charge in [-0.3, -0.25) is 0 Å². The van der Waals surface area contributed by atoms with Crippen molar-refractivity contribution in [2.24, 2.45) is 0 Å². The molecule has 3 rings (SSSR count). The molecule has 0 radical (unpaired) electrons. The summed E-state index contributed by atoms with van der Waals surface area (Å²) in [6, 6.07) is 0. The highest BCUT2D eigenvalue weighted by atomic mass is 32.1. The first kappa shape index (κ1) is 12.6. The molecule has 1 saturated carbocycles. The molecule has 3 heteroatoms. The van der Waals surface area contributed by atoms with Gasteiger partial charge in [-0.25, -0.2) is 4.98 Å². The molecule has 1 heterocycles. The Kier molecular flexibility index (Phi) is 3.71. The van der Waals surface area contributed by atoms with Crippen LogP contribution in [0.5, 0.6) is 0 Å². The van der Waals surface area contributed by atoms with Gasteiger partial charge >= 0.3 is 0 Å². The Morgan fingerprint density at radius 1 is 1.17 bits per heavy atom. The van der Waals surface area contributed by atoms with Crippen LogP contribution in [0.3, 0.4) is 0 Å². The van der Waals surface area contributed by atoms with Crippen LogP contribution in [0.15, 0.2) is 0 Å². The molecule has 2 nitrogen and oxygen atoms in total. The van der Waals surface area contributed by atoms with Gasteiger partial charge in [0.05, 0.1) is 11.2 Å². The molecular weight excluding hydrogens is 240 g/mol. The standard InChI is InChI=1S/C15H24N2S/c1-2-11-16-15(9-4-3-5-10-15)14-17-12-7-6-8-13(12)18-14/h16H,2-11H2,1H3. The van der Waals surface area contributed by atoms with E-state index < -0.39 is 0 Å². The second-order valence-corrected chi connectivity index (χ2v) is 6.90. The molecule has 0 aromatic carbocycles. The van der Waals surface area contributed by atoms with Gasteiger partial charge in [0.25, 0.3) is 0 Å². The Labute approximate surface area is 114 Å². The van der Waals surface area contributed by atoms with Crippen LogP contribution in [-0.4, -0.2) is 11.5 Å². The summed E-state index contributed by atoms with van der Waals surface area (Å²) in [6.45, 7) is 3.38. The van der Waals surface area contributed by atoms with E-state index in [4.69, 9.17) is 4.98 Å². The van der Waals surface area contributed by atoms with Crippen LogP contribution in [-0.2, 0) is 18.4 Å². The van der Waals surface area contributed by atoms with E-state index in [1.807, 2.05) is 11.3 Å². The molecule has 0 bridgehead atoms. The van der Waals surface area contributed by atoms with E-state index in [0.717, 1.165) is 6.54 Å². The number of nitrogens with zero attached hydrogens (tertiary/aromatic N) is 1. The highest BCUT2D eigenvalue weighted by molar-refractivity contribution is 7.12. The number of fused-ring (bicyclic) bond motifs is 1. The number of hydrogen-bond donors (Lipinski definition) is 1. The predicted molar refractivity (Wildman–Crippen MR) is 77.2 cm³/mol. The highest BCUT2D eigenvalue weighted by Crippen LogP contribution is 2.41. The lowest BCUT2D eigenvalue weighted by atomic mass is 9.82. The summed E-state index contributed by atoms with van der Waals surface area (Å²) < 4.78 is 0. The van der Waals surface area contributed by atoms with Crippen LogP contribution in [0.1, 0.15) is 67.4 Å². The van der Waals surface area contributed by atoms with Gasteiger partial charge in [0.2, 0.25) is 0 Å². The SMILES string of the molecule is CCCNC1(c2nc3c(s2)CCC3)CCCCC1. The fraction of sp³-hybridized carbons (Fsp3) is 0.800. The zero-order chi connectivity index (χ0) is 12.4. The molecule has 0 spiro atoms. The smallest absolute Gasteiger partial charge is 0.113 e. The van der Waals surface area contributed by atoms with Gasteiger partial charge in [0, 0.05) is 4.88 Å². The van der Waals surface area contributed by atoms with Gasteiger partial charge in [-0.15, -0.1) is 11.3 Å². The lowest BCUT2D eigenvalue weighted by Crippen LogP contribution is -2.44. The van der Waals surface area contributed by atoms with E-state index in [1.54, 1.807) is 4.88 Å². The van der Waals surface area contributed by atoms with E-state index in [2.05, 4.69) is 12.2 Å². The Hall–Kier alpha value is -0.410. The molecule has 1 N–H and O–H groups in total. The molecule has 2 aliphatic rings. The molecule has 1 aromatic rings. The summed E-state index contributed by atoms with van der Waals surface area (Å²) in [5.41, 5.74) is 1.64. The van der Waals surface area contributed by atoms with Gasteiger partial charge in [-0.1, -0.05) is 26.2 Å². The third-order valence-electron chi connectivity index (χ3n) is 4.43. The van der Waals surface area contributed by atoms with Crippen LogP contribution in [0.25, 0.3) is 0 Å². The molecule has 2 aliphatic carbocycles. The molecule has 18 heavy (non-hydrogen) atoms. The number of hydrogen-bond acceptors (Lipinski definition) is 3. The maximum absolute atomic E-state index is 5.00. The second-order valence-electron chi connectivity index (χ2n) is 5.81. The average Bonchev–Trinajstić information content (AvgIpc) is 2.98. The van der Waals surface area contributed by atoms with Gasteiger partial charge in [-0.05, 0) is 45.1 Å². The largest absolute Gasteiger partial charge is 0.305 e. The van der Waals surface area contributed by atoms with Crippen LogP contribution in [0.2, 0.25) is 0 Å². The molecule has 1 fully saturated rings. The summed E-state index contributed by atoms with van der Waals surface area (Å²) in [7, 11) is 0. The maximum atomic E-state index is 5.00. The Bertz CT molecular complexity index is 383. The zero-order valence-corrected chi connectivity index (χ0v) is 12.2. The summed E-state index contributed by atoms with van der Waals surface area (Å²) in [6.07, 6.45) is 11.7. The van der Waals surface area contributed by atoms with E-state index >= 15 is 0 Å². The zero-order valence-electron chi connectivity index (χ0n) is 11.4. The molecule has 0 atom stereocenters. The molecule has 100 valence electrons. The van der Waals surface area contributed by atoms with Crippen LogP contribution >= 0.6 is 11.3 Å². The van der Waals surface area contributed by atoms with E-state index in [0.29, 0.717) is 0 Å². The summed E-state index contributed by atoms with van der Waals surface area (Å²) in [5.74, 6) is 0. The first-order valence-corrected chi connectivity index (χ1v) is 8.40. The van der Waals surface area contributed by atoms with Crippen molar-refractivity contribution >= 4 is 11.3 Å². The van der Waals surface area contributed by atoms with Crippen LogP contribution in [0.4, 0.5) is 0 Å². The fourth-order valence-corrected chi connectivity index (χ4v) is 4.75. The average molecular weight is 264 g/mol. The topological polar surface area (TPSA) is 24.9 Å². The maximum Gasteiger partial charge on any atom is 0.113 e. The molecular formula is C15H24N2S. The minimum absolute atomic E-state index is 0.225. The number of thiazole rings is 1. The van der Waals surface area contributed by atoms with Crippen molar-refractivity contribution in [3.63, 3.8) is 0 Å². The van der Waals surface area contributed by atoms with Gasteiger partial charge in [0.1, 0.15) is 5.01 Å². The third-order valence-corrected chi connectivity index (χ3v) is 5.79. The van der Waals surface area contributed by atoms with E-state index in [1.165, 1.54) is 68.5 Å². The van der Waals surface area contributed by atoms with Crippen molar-refractivity contribution in [1.82, 2.24) is 10.3 Å². The van der Waals surface area contributed by atoms with Gasteiger partial charge in [0.15, 0.2) is 0 Å².